The lowest BCUT2D eigenvalue weighted by atomic mass is 9.85. The first-order chi connectivity index (χ1) is 8.72. The highest BCUT2D eigenvalue weighted by Gasteiger charge is 2.21. The lowest BCUT2D eigenvalue weighted by Gasteiger charge is -2.31. The number of carbonyl (C=O) groups is 1. The molecule has 0 N–H and O–H groups in total. The Morgan fingerprint density at radius 3 is 2.94 bits per heavy atom. The lowest BCUT2D eigenvalue weighted by molar-refractivity contribution is -0.139. The van der Waals surface area contributed by atoms with Crippen molar-refractivity contribution in [1.29, 1.82) is 0 Å². The summed E-state index contributed by atoms with van der Waals surface area (Å²) in [4.78, 5) is 18.0. The van der Waals surface area contributed by atoms with E-state index in [0.29, 0.717) is 0 Å². The molecule has 100 valence electrons. The molecule has 0 aliphatic heterocycles. The predicted molar refractivity (Wildman–Crippen MR) is 73.1 cm³/mol. The molecule has 4 nitrogen and oxygen atoms in total. The van der Waals surface area contributed by atoms with Crippen molar-refractivity contribution in [3.63, 3.8) is 0 Å². The van der Waals surface area contributed by atoms with Gasteiger partial charge in [-0.1, -0.05) is 6.42 Å². The standard InChI is InChI=1S/C13H20N2O2S/c1-3-15(8-10-5-4-6-10)13-14-11(9-18-13)7-12(16)17-2/h9-10H,3-8H2,1-2H3. The zero-order chi connectivity index (χ0) is 13.0. The largest absolute Gasteiger partial charge is 0.469 e. The molecule has 0 radical (unpaired) electrons. The Hall–Kier alpha value is -1.10. The fraction of sp³-hybridized carbons (Fsp3) is 0.692. The highest BCUT2D eigenvalue weighted by atomic mass is 32.1. The molecule has 0 bridgehead atoms. The van der Waals surface area contributed by atoms with Crippen molar-refractivity contribution < 1.29 is 9.53 Å². The van der Waals surface area contributed by atoms with Gasteiger partial charge in [0.05, 0.1) is 19.2 Å². The zero-order valence-electron chi connectivity index (χ0n) is 11.0. The number of methoxy groups -OCH3 is 1. The first-order valence-electron chi connectivity index (χ1n) is 6.49. The molecule has 1 aliphatic carbocycles. The van der Waals surface area contributed by atoms with Crippen LogP contribution in [0.25, 0.3) is 0 Å². The van der Waals surface area contributed by atoms with E-state index in [1.54, 1.807) is 11.3 Å². The molecule has 5 heteroatoms. The molecule has 1 aliphatic rings. The van der Waals surface area contributed by atoms with E-state index in [4.69, 9.17) is 0 Å². The van der Waals surface area contributed by atoms with E-state index >= 15 is 0 Å². The molecular weight excluding hydrogens is 248 g/mol. The Kier molecular flexibility index (Phi) is 4.58. The van der Waals surface area contributed by atoms with Gasteiger partial charge >= 0.3 is 5.97 Å². The Morgan fingerprint density at radius 2 is 2.39 bits per heavy atom. The van der Waals surface area contributed by atoms with Gasteiger partial charge in [0.25, 0.3) is 0 Å². The van der Waals surface area contributed by atoms with Gasteiger partial charge < -0.3 is 9.64 Å². The second-order valence-electron chi connectivity index (χ2n) is 4.71. The van der Waals surface area contributed by atoms with Crippen LogP contribution in [0.5, 0.6) is 0 Å². The summed E-state index contributed by atoms with van der Waals surface area (Å²) in [5.74, 6) is 0.604. The first kappa shape index (κ1) is 13.3. The maximum Gasteiger partial charge on any atom is 0.311 e. The van der Waals surface area contributed by atoms with Crippen molar-refractivity contribution in [2.75, 3.05) is 25.1 Å². The van der Waals surface area contributed by atoms with Gasteiger partial charge in [-0.3, -0.25) is 4.79 Å². The van der Waals surface area contributed by atoms with Crippen LogP contribution in [0.4, 0.5) is 5.13 Å². The van der Waals surface area contributed by atoms with E-state index in [9.17, 15) is 4.79 Å². The molecule has 0 saturated heterocycles. The molecule has 1 aromatic heterocycles. The number of hydrogen-bond acceptors (Lipinski definition) is 5. The first-order valence-corrected chi connectivity index (χ1v) is 7.37. The summed E-state index contributed by atoms with van der Waals surface area (Å²) in [6.07, 6.45) is 4.33. The minimum Gasteiger partial charge on any atom is -0.469 e. The highest BCUT2D eigenvalue weighted by Crippen LogP contribution is 2.30. The number of ether oxygens (including phenoxy) is 1. The SMILES string of the molecule is CCN(CC1CCC1)c1nc(CC(=O)OC)cs1. The number of aromatic nitrogens is 1. The van der Waals surface area contributed by atoms with Crippen molar-refractivity contribution in [1.82, 2.24) is 4.98 Å². The van der Waals surface area contributed by atoms with E-state index in [0.717, 1.165) is 29.8 Å². The minimum atomic E-state index is -0.228. The number of nitrogens with zero attached hydrogens (tertiary/aromatic N) is 2. The van der Waals surface area contributed by atoms with Gasteiger partial charge in [-0.2, -0.15) is 0 Å². The van der Waals surface area contributed by atoms with Crippen molar-refractivity contribution >= 4 is 22.4 Å². The van der Waals surface area contributed by atoms with Gasteiger partial charge in [-0.15, -0.1) is 11.3 Å². The van der Waals surface area contributed by atoms with Crippen LogP contribution >= 0.6 is 11.3 Å². The van der Waals surface area contributed by atoms with Crippen LogP contribution in [0.3, 0.4) is 0 Å². The van der Waals surface area contributed by atoms with Crippen molar-refractivity contribution in [3.05, 3.63) is 11.1 Å². The summed E-state index contributed by atoms with van der Waals surface area (Å²) in [5, 5.41) is 2.98. The third-order valence-corrected chi connectivity index (χ3v) is 4.40. The molecular formula is C13H20N2O2S. The van der Waals surface area contributed by atoms with Crippen LogP contribution in [-0.2, 0) is 16.0 Å². The molecule has 1 saturated carbocycles. The molecule has 1 fully saturated rings. The Labute approximate surface area is 112 Å². The number of esters is 1. The number of rotatable bonds is 6. The number of hydrogen-bond donors (Lipinski definition) is 0. The van der Waals surface area contributed by atoms with Crippen molar-refractivity contribution in [2.45, 2.75) is 32.6 Å². The van der Waals surface area contributed by atoms with Gasteiger partial charge in [-0.25, -0.2) is 4.98 Å². The summed E-state index contributed by atoms with van der Waals surface area (Å²) in [7, 11) is 1.41. The van der Waals surface area contributed by atoms with Gasteiger partial charge in [0, 0.05) is 18.5 Å². The molecule has 0 atom stereocenters. The maximum atomic E-state index is 11.2. The van der Waals surface area contributed by atoms with Crippen LogP contribution in [0.1, 0.15) is 31.9 Å². The van der Waals surface area contributed by atoms with Crippen molar-refractivity contribution in [3.8, 4) is 0 Å². The summed E-state index contributed by atoms with van der Waals surface area (Å²) in [6.45, 7) is 4.23. The molecule has 0 aromatic carbocycles. The molecule has 2 rings (SSSR count). The fourth-order valence-electron chi connectivity index (χ4n) is 2.07. The number of anilines is 1. The normalized spacial score (nSPS) is 15.2. The van der Waals surface area contributed by atoms with Crippen molar-refractivity contribution in [2.24, 2.45) is 5.92 Å². The van der Waals surface area contributed by atoms with E-state index in [1.165, 1.54) is 26.4 Å². The predicted octanol–water partition coefficient (Wildman–Crippen LogP) is 2.49. The number of carbonyl (C=O) groups excluding carboxylic acids is 1. The van der Waals surface area contributed by atoms with Crippen LogP contribution < -0.4 is 4.90 Å². The Bertz CT molecular complexity index is 401. The fourth-order valence-corrected chi connectivity index (χ4v) is 2.97. The monoisotopic (exact) mass is 268 g/mol. The average Bonchev–Trinajstić information content (AvgIpc) is 2.76. The molecule has 0 amide bonds. The van der Waals surface area contributed by atoms with Crippen LogP contribution in [0.2, 0.25) is 0 Å². The lowest BCUT2D eigenvalue weighted by Crippen LogP contribution is -2.32. The summed E-state index contributed by atoms with van der Waals surface area (Å²) in [6, 6.07) is 0. The zero-order valence-corrected chi connectivity index (χ0v) is 11.8. The van der Waals surface area contributed by atoms with E-state index in [1.807, 2.05) is 5.38 Å². The summed E-state index contributed by atoms with van der Waals surface area (Å²) in [5.41, 5.74) is 0.814. The second kappa shape index (κ2) is 6.18. The van der Waals surface area contributed by atoms with Gasteiger partial charge in [0.1, 0.15) is 0 Å². The Morgan fingerprint density at radius 1 is 1.61 bits per heavy atom. The van der Waals surface area contributed by atoms with E-state index < -0.39 is 0 Å². The third kappa shape index (κ3) is 3.22. The maximum absolute atomic E-state index is 11.2. The molecule has 1 aromatic rings. The van der Waals surface area contributed by atoms with Crippen LogP contribution in [0, 0.1) is 5.92 Å². The molecule has 18 heavy (non-hydrogen) atoms. The highest BCUT2D eigenvalue weighted by molar-refractivity contribution is 7.13. The Balaban J connectivity index is 1.95. The van der Waals surface area contributed by atoms with Gasteiger partial charge in [-0.05, 0) is 25.7 Å². The smallest absolute Gasteiger partial charge is 0.311 e. The summed E-state index contributed by atoms with van der Waals surface area (Å²) >= 11 is 1.62. The second-order valence-corrected chi connectivity index (χ2v) is 5.55. The van der Waals surface area contributed by atoms with Crippen LogP contribution in [0.15, 0.2) is 5.38 Å². The quantitative estimate of drug-likeness (QED) is 0.743. The minimum absolute atomic E-state index is 0.228. The van der Waals surface area contributed by atoms with Gasteiger partial charge in [0.15, 0.2) is 5.13 Å². The molecule has 1 heterocycles. The molecule has 0 spiro atoms. The van der Waals surface area contributed by atoms with E-state index in [2.05, 4.69) is 21.5 Å². The van der Waals surface area contributed by atoms with Crippen LogP contribution in [-0.4, -0.2) is 31.2 Å². The van der Waals surface area contributed by atoms with E-state index in [-0.39, 0.29) is 12.4 Å². The third-order valence-electron chi connectivity index (χ3n) is 3.45. The molecule has 0 unspecified atom stereocenters. The number of thiazole rings is 1. The average molecular weight is 268 g/mol. The summed E-state index contributed by atoms with van der Waals surface area (Å²) < 4.78 is 4.65. The topological polar surface area (TPSA) is 42.4 Å². The van der Waals surface area contributed by atoms with Gasteiger partial charge in [0.2, 0.25) is 0 Å².